The van der Waals surface area contributed by atoms with Crippen molar-refractivity contribution in [3.8, 4) is 0 Å². The Morgan fingerprint density at radius 2 is 2.00 bits per heavy atom. The van der Waals surface area contributed by atoms with E-state index in [0.717, 1.165) is 29.9 Å². The van der Waals surface area contributed by atoms with E-state index in [1.54, 1.807) is 11.8 Å². The molecule has 1 aromatic rings. The fourth-order valence-electron chi connectivity index (χ4n) is 1.44. The third-order valence-electron chi connectivity index (χ3n) is 2.20. The molecule has 1 saturated heterocycles. The van der Waals surface area contributed by atoms with Crippen molar-refractivity contribution >= 4 is 17.7 Å². The Labute approximate surface area is 82.6 Å². The van der Waals surface area contributed by atoms with Gasteiger partial charge in [0, 0.05) is 30.4 Å². The first-order valence-corrected chi connectivity index (χ1v) is 5.63. The molecule has 0 aromatic carbocycles. The Hall–Kier alpha value is -0.770. The van der Waals surface area contributed by atoms with Gasteiger partial charge in [0.1, 0.15) is 0 Å². The molecule has 0 aliphatic carbocycles. The number of thioether (sulfide) groups is 1. The summed E-state index contributed by atoms with van der Waals surface area (Å²) in [6.45, 7) is 4.43. The van der Waals surface area contributed by atoms with Gasteiger partial charge in [-0.25, -0.2) is 9.97 Å². The molecular weight excluding hydrogens is 182 g/mol. The minimum Gasteiger partial charge on any atom is -0.340 e. The summed E-state index contributed by atoms with van der Waals surface area (Å²) in [6, 6.07) is 0. The summed E-state index contributed by atoms with van der Waals surface area (Å²) < 4.78 is 0. The molecule has 1 aliphatic rings. The molecule has 4 heteroatoms. The van der Waals surface area contributed by atoms with Gasteiger partial charge in [0.25, 0.3) is 0 Å². The van der Waals surface area contributed by atoms with E-state index in [2.05, 4.69) is 21.8 Å². The average molecular weight is 195 g/mol. The van der Waals surface area contributed by atoms with E-state index in [9.17, 15) is 0 Å². The standard InChI is InChI=1S/C9H13N3S/c1-7-5-12(6-7)9-10-3-8(13-2)4-11-9/h3-4,7H,5-6H2,1-2H3. The first-order valence-electron chi connectivity index (χ1n) is 4.40. The Morgan fingerprint density at radius 1 is 1.38 bits per heavy atom. The van der Waals surface area contributed by atoms with Crippen LogP contribution in [-0.4, -0.2) is 29.3 Å². The highest BCUT2D eigenvalue weighted by Gasteiger charge is 2.24. The summed E-state index contributed by atoms with van der Waals surface area (Å²) in [4.78, 5) is 11.9. The number of hydrogen-bond acceptors (Lipinski definition) is 4. The molecule has 2 rings (SSSR count). The lowest BCUT2D eigenvalue weighted by Gasteiger charge is -2.36. The largest absolute Gasteiger partial charge is 0.340 e. The van der Waals surface area contributed by atoms with E-state index in [1.807, 2.05) is 18.6 Å². The summed E-state index contributed by atoms with van der Waals surface area (Å²) in [7, 11) is 0. The topological polar surface area (TPSA) is 29.0 Å². The molecule has 13 heavy (non-hydrogen) atoms. The molecular formula is C9H13N3S. The van der Waals surface area contributed by atoms with Crippen LogP contribution in [-0.2, 0) is 0 Å². The van der Waals surface area contributed by atoms with Gasteiger partial charge >= 0.3 is 0 Å². The highest BCUT2D eigenvalue weighted by molar-refractivity contribution is 7.98. The lowest BCUT2D eigenvalue weighted by Crippen LogP contribution is -2.46. The Morgan fingerprint density at radius 3 is 2.46 bits per heavy atom. The molecule has 0 bridgehead atoms. The lowest BCUT2D eigenvalue weighted by atomic mass is 10.0. The Bertz CT molecular complexity index is 279. The quantitative estimate of drug-likeness (QED) is 0.671. The van der Waals surface area contributed by atoms with Crippen molar-refractivity contribution < 1.29 is 0 Å². The molecule has 0 atom stereocenters. The monoisotopic (exact) mass is 195 g/mol. The zero-order valence-electron chi connectivity index (χ0n) is 7.90. The molecule has 70 valence electrons. The minimum atomic E-state index is 0.795. The molecule has 0 amide bonds. The van der Waals surface area contributed by atoms with Crippen molar-refractivity contribution in [2.24, 2.45) is 5.92 Å². The van der Waals surface area contributed by atoms with E-state index in [-0.39, 0.29) is 0 Å². The van der Waals surface area contributed by atoms with E-state index < -0.39 is 0 Å². The summed E-state index contributed by atoms with van der Waals surface area (Å²) in [5.41, 5.74) is 0. The van der Waals surface area contributed by atoms with E-state index in [0.29, 0.717) is 0 Å². The number of anilines is 1. The van der Waals surface area contributed by atoms with Crippen LogP contribution in [0.1, 0.15) is 6.92 Å². The van der Waals surface area contributed by atoms with Gasteiger partial charge in [0.2, 0.25) is 5.95 Å². The molecule has 1 aliphatic heterocycles. The van der Waals surface area contributed by atoms with Crippen molar-refractivity contribution in [1.82, 2.24) is 9.97 Å². The summed E-state index contributed by atoms with van der Waals surface area (Å²) >= 11 is 1.67. The third-order valence-corrected chi connectivity index (χ3v) is 2.88. The number of nitrogens with zero attached hydrogens (tertiary/aromatic N) is 3. The van der Waals surface area contributed by atoms with Crippen LogP contribution < -0.4 is 4.90 Å². The fourth-order valence-corrected chi connectivity index (χ4v) is 1.76. The molecule has 1 fully saturated rings. The molecule has 0 saturated carbocycles. The van der Waals surface area contributed by atoms with E-state index in [1.165, 1.54) is 0 Å². The number of hydrogen-bond donors (Lipinski definition) is 0. The first-order chi connectivity index (χ1) is 6.29. The fraction of sp³-hybridized carbons (Fsp3) is 0.556. The van der Waals surface area contributed by atoms with Gasteiger partial charge in [-0.05, 0) is 12.2 Å². The highest BCUT2D eigenvalue weighted by atomic mass is 32.2. The van der Waals surface area contributed by atoms with Gasteiger partial charge in [-0.3, -0.25) is 0 Å². The summed E-state index contributed by atoms with van der Waals surface area (Å²) in [5.74, 6) is 1.67. The van der Waals surface area contributed by atoms with Crippen LogP contribution in [0.15, 0.2) is 17.3 Å². The van der Waals surface area contributed by atoms with Crippen LogP contribution in [0, 0.1) is 5.92 Å². The molecule has 1 aromatic heterocycles. The van der Waals surface area contributed by atoms with Crippen molar-refractivity contribution in [3.63, 3.8) is 0 Å². The summed E-state index contributed by atoms with van der Waals surface area (Å²) in [6.07, 6.45) is 5.80. The van der Waals surface area contributed by atoms with Crippen LogP contribution in [0.3, 0.4) is 0 Å². The molecule has 0 unspecified atom stereocenters. The van der Waals surface area contributed by atoms with Gasteiger partial charge in [-0.15, -0.1) is 11.8 Å². The van der Waals surface area contributed by atoms with Crippen molar-refractivity contribution in [3.05, 3.63) is 12.4 Å². The van der Waals surface area contributed by atoms with Gasteiger partial charge in [-0.1, -0.05) is 6.92 Å². The summed E-state index contributed by atoms with van der Waals surface area (Å²) in [5, 5.41) is 0. The van der Waals surface area contributed by atoms with Gasteiger partial charge in [0.05, 0.1) is 0 Å². The SMILES string of the molecule is CSc1cnc(N2CC(C)C2)nc1. The Balaban J connectivity index is 2.06. The van der Waals surface area contributed by atoms with Gasteiger partial charge < -0.3 is 4.90 Å². The maximum atomic E-state index is 4.30. The third kappa shape index (κ3) is 1.77. The molecule has 0 spiro atoms. The second kappa shape index (κ2) is 3.54. The average Bonchev–Trinajstić information content (AvgIpc) is 2.13. The molecule has 0 N–H and O–H groups in total. The zero-order chi connectivity index (χ0) is 9.26. The van der Waals surface area contributed by atoms with Crippen molar-refractivity contribution in [1.29, 1.82) is 0 Å². The molecule has 0 radical (unpaired) electrons. The first kappa shape index (κ1) is 8.81. The van der Waals surface area contributed by atoms with Crippen LogP contribution in [0.5, 0.6) is 0 Å². The normalized spacial score (nSPS) is 17.2. The number of rotatable bonds is 2. The van der Waals surface area contributed by atoms with Crippen LogP contribution >= 0.6 is 11.8 Å². The van der Waals surface area contributed by atoms with Crippen molar-refractivity contribution in [2.45, 2.75) is 11.8 Å². The van der Waals surface area contributed by atoms with Crippen LogP contribution in [0.4, 0.5) is 5.95 Å². The van der Waals surface area contributed by atoms with E-state index in [4.69, 9.17) is 0 Å². The maximum Gasteiger partial charge on any atom is 0.225 e. The van der Waals surface area contributed by atoms with E-state index >= 15 is 0 Å². The van der Waals surface area contributed by atoms with Crippen LogP contribution in [0.25, 0.3) is 0 Å². The van der Waals surface area contributed by atoms with Gasteiger partial charge in [-0.2, -0.15) is 0 Å². The van der Waals surface area contributed by atoms with Crippen LogP contribution in [0.2, 0.25) is 0 Å². The number of aromatic nitrogens is 2. The van der Waals surface area contributed by atoms with Gasteiger partial charge in [0.15, 0.2) is 0 Å². The van der Waals surface area contributed by atoms with Crippen molar-refractivity contribution in [2.75, 3.05) is 24.2 Å². The smallest absolute Gasteiger partial charge is 0.225 e. The molecule has 3 nitrogen and oxygen atoms in total. The molecule has 2 heterocycles. The Kier molecular flexibility index (Phi) is 2.40. The second-order valence-corrected chi connectivity index (χ2v) is 4.31. The lowest BCUT2D eigenvalue weighted by molar-refractivity contribution is 0.439. The highest BCUT2D eigenvalue weighted by Crippen LogP contribution is 2.21. The predicted molar refractivity (Wildman–Crippen MR) is 55.2 cm³/mol. The minimum absolute atomic E-state index is 0.795. The maximum absolute atomic E-state index is 4.30. The zero-order valence-corrected chi connectivity index (χ0v) is 8.71. The predicted octanol–water partition coefficient (Wildman–Crippen LogP) is 1.65. The second-order valence-electron chi connectivity index (χ2n) is 3.43.